The van der Waals surface area contributed by atoms with Crippen molar-refractivity contribution in [2.24, 2.45) is 0 Å². The van der Waals surface area contributed by atoms with Crippen molar-refractivity contribution in [3.8, 4) is 0 Å². The van der Waals surface area contributed by atoms with Crippen LogP contribution >= 0.6 is 0 Å². The number of para-hydroxylation sites is 1. The van der Waals surface area contributed by atoms with Crippen LogP contribution in [0.4, 0.5) is 0 Å². The van der Waals surface area contributed by atoms with Crippen LogP contribution in [0.25, 0.3) is 10.9 Å². The van der Waals surface area contributed by atoms with Crippen molar-refractivity contribution >= 4 is 16.8 Å². The molecule has 0 aliphatic carbocycles. The maximum absolute atomic E-state index is 11.8. The Morgan fingerprint density at radius 3 is 3.05 bits per heavy atom. The molecule has 0 fully saturated rings. The molecule has 6 heteroatoms. The third-order valence-electron chi connectivity index (χ3n) is 3.27. The zero-order chi connectivity index (χ0) is 14.7. The highest BCUT2D eigenvalue weighted by molar-refractivity contribution is 5.83. The van der Waals surface area contributed by atoms with Crippen molar-refractivity contribution in [3.05, 3.63) is 47.7 Å². The minimum absolute atomic E-state index is 0.113. The van der Waals surface area contributed by atoms with Crippen LogP contribution in [0.2, 0.25) is 0 Å². The standard InChI is InChI=1S/C15H16N4O2/c1-10-18-15(21-19-10)8-14(20)16-7-6-11-9-17-13-5-3-2-4-12(11)13/h2-5,9,17H,6-8H2,1H3,(H,16,20). The van der Waals surface area contributed by atoms with Gasteiger partial charge < -0.3 is 14.8 Å². The Labute approximate surface area is 121 Å². The molecule has 3 rings (SSSR count). The lowest BCUT2D eigenvalue weighted by Crippen LogP contribution is -2.27. The van der Waals surface area contributed by atoms with Crippen molar-refractivity contribution in [1.29, 1.82) is 0 Å². The molecule has 2 aromatic heterocycles. The average Bonchev–Trinajstić information content (AvgIpc) is 3.06. The van der Waals surface area contributed by atoms with Crippen LogP contribution in [0, 0.1) is 6.92 Å². The number of hydrogen-bond acceptors (Lipinski definition) is 4. The van der Waals surface area contributed by atoms with E-state index < -0.39 is 0 Å². The van der Waals surface area contributed by atoms with Gasteiger partial charge in [0, 0.05) is 23.6 Å². The smallest absolute Gasteiger partial charge is 0.236 e. The van der Waals surface area contributed by atoms with Crippen LogP contribution in [0.15, 0.2) is 35.0 Å². The molecule has 21 heavy (non-hydrogen) atoms. The number of amides is 1. The normalized spacial score (nSPS) is 10.9. The van der Waals surface area contributed by atoms with E-state index in [0.29, 0.717) is 18.3 Å². The van der Waals surface area contributed by atoms with Gasteiger partial charge >= 0.3 is 0 Å². The van der Waals surface area contributed by atoms with Gasteiger partial charge in [0.1, 0.15) is 6.42 Å². The number of nitrogens with one attached hydrogen (secondary N) is 2. The summed E-state index contributed by atoms with van der Waals surface area (Å²) in [5.74, 6) is 0.771. The predicted molar refractivity (Wildman–Crippen MR) is 77.8 cm³/mol. The second-order valence-electron chi connectivity index (χ2n) is 4.87. The van der Waals surface area contributed by atoms with Crippen LogP contribution in [0.3, 0.4) is 0 Å². The van der Waals surface area contributed by atoms with E-state index in [2.05, 4.69) is 26.5 Å². The summed E-state index contributed by atoms with van der Waals surface area (Å²) in [4.78, 5) is 19.0. The Hall–Kier alpha value is -2.63. The molecule has 0 aliphatic heterocycles. The van der Waals surface area contributed by atoms with Crippen molar-refractivity contribution in [2.45, 2.75) is 19.8 Å². The van der Waals surface area contributed by atoms with Crippen LogP contribution in [-0.2, 0) is 17.6 Å². The first-order valence-corrected chi connectivity index (χ1v) is 6.83. The molecule has 1 aromatic carbocycles. The van der Waals surface area contributed by atoms with Gasteiger partial charge in [-0.05, 0) is 25.0 Å². The molecule has 0 unspecified atom stereocenters. The highest BCUT2D eigenvalue weighted by atomic mass is 16.5. The fraction of sp³-hybridized carbons (Fsp3) is 0.267. The molecule has 2 N–H and O–H groups in total. The summed E-state index contributed by atoms with van der Waals surface area (Å²) in [6.45, 7) is 2.30. The maximum Gasteiger partial charge on any atom is 0.236 e. The summed E-state index contributed by atoms with van der Waals surface area (Å²) in [6.07, 6.45) is 2.88. The van der Waals surface area contributed by atoms with Crippen LogP contribution in [-0.4, -0.2) is 27.6 Å². The molecule has 0 spiro atoms. The molecule has 0 saturated carbocycles. The number of aromatic nitrogens is 3. The minimum Gasteiger partial charge on any atom is -0.361 e. The number of H-pyrrole nitrogens is 1. The molecule has 108 valence electrons. The van der Waals surface area contributed by atoms with E-state index in [0.717, 1.165) is 11.9 Å². The van der Waals surface area contributed by atoms with Gasteiger partial charge in [0.25, 0.3) is 0 Å². The Bertz CT molecular complexity index is 760. The summed E-state index contributed by atoms with van der Waals surface area (Å²) in [5.41, 5.74) is 2.31. The summed E-state index contributed by atoms with van der Waals surface area (Å²) in [5, 5.41) is 7.71. The van der Waals surface area contributed by atoms with Crippen molar-refractivity contribution in [1.82, 2.24) is 20.4 Å². The first-order chi connectivity index (χ1) is 10.2. The van der Waals surface area contributed by atoms with Gasteiger partial charge in [0.2, 0.25) is 11.8 Å². The molecule has 0 saturated heterocycles. The number of aryl methyl sites for hydroxylation is 1. The summed E-state index contributed by atoms with van der Waals surface area (Å²) in [7, 11) is 0. The number of benzene rings is 1. The van der Waals surface area contributed by atoms with E-state index in [1.807, 2.05) is 24.4 Å². The van der Waals surface area contributed by atoms with Gasteiger partial charge in [-0.2, -0.15) is 4.98 Å². The largest absolute Gasteiger partial charge is 0.361 e. The van der Waals surface area contributed by atoms with E-state index in [4.69, 9.17) is 4.52 Å². The molecule has 6 nitrogen and oxygen atoms in total. The molecular weight excluding hydrogens is 268 g/mol. The van der Waals surface area contributed by atoms with Gasteiger partial charge in [-0.15, -0.1) is 0 Å². The van der Waals surface area contributed by atoms with E-state index in [1.165, 1.54) is 10.9 Å². The fourth-order valence-corrected chi connectivity index (χ4v) is 2.29. The van der Waals surface area contributed by atoms with Crippen LogP contribution in [0.1, 0.15) is 17.3 Å². The molecule has 0 atom stereocenters. The van der Waals surface area contributed by atoms with Gasteiger partial charge in [0.15, 0.2) is 5.82 Å². The molecule has 3 aromatic rings. The first-order valence-electron chi connectivity index (χ1n) is 6.83. The number of rotatable bonds is 5. The van der Waals surface area contributed by atoms with Gasteiger partial charge in [0.05, 0.1) is 0 Å². The molecule has 1 amide bonds. The highest BCUT2D eigenvalue weighted by Crippen LogP contribution is 2.17. The van der Waals surface area contributed by atoms with E-state index in [-0.39, 0.29) is 12.3 Å². The van der Waals surface area contributed by atoms with Gasteiger partial charge in [-0.3, -0.25) is 4.79 Å². The van der Waals surface area contributed by atoms with E-state index in [9.17, 15) is 4.79 Å². The van der Waals surface area contributed by atoms with Crippen LogP contribution in [0.5, 0.6) is 0 Å². The number of carbonyl (C=O) groups is 1. The number of nitrogens with zero attached hydrogens (tertiary/aromatic N) is 2. The molecular formula is C15H16N4O2. The Balaban J connectivity index is 1.53. The second-order valence-corrected chi connectivity index (χ2v) is 4.87. The highest BCUT2D eigenvalue weighted by Gasteiger charge is 2.09. The van der Waals surface area contributed by atoms with Crippen molar-refractivity contribution in [2.75, 3.05) is 6.54 Å². The lowest BCUT2D eigenvalue weighted by Gasteiger charge is -2.02. The lowest BCUT2D eigenvalue weighted by atomic mass is 10.1. The van der Waals surface area contributed by atoms with Gasteiger partial charge in [-0.25, -0.2) is 0 Å². The van der Waals surface area contributed by atoms with Crippen LogP contribution < -0.4 is 5.32 Å². The fourth-order valence-electron chi connectivity index (χ4n) is 2.29. The Kier molecular flexibility index (Phi) is 3.68. The summed E-state index contributed by atoms with van der Waals surface area (Å²) >= 11 is 0. The Morgan fingerprint density at radius 1 is 1.38 bits per heavy atom. The summed E-state index contributed by atoms with van der Waals surface area (Å²) < 4.78 is 4.92. The minimum atomic E-state index is -0.113. The van der Waals surface area contributed by atoms with Crippen molar-refractivity contribution < 1.29 is 9.32 Å². The Morgan fingerprint density at radius 2 is 2.24 bits per heavy atom. The van der Waals surface area contributed by atoms with Gasteiger partial charge in [-0.1, -0.05) is 23.4 Å². The SMILES string of the molecule is Cc1noc(CC(=O)NCCc2c[nH]c3ccccc23)n1. The quantitative estimate of drug-likeness (QED) is 0.747. The molecule has 0 radical (unpaired) electrons. The monoisotopic (exact) mass is 284 g/mol. The molecule has 0 bridgehead atoms. The first kappa shape index (κ1) is 13.4. The summed E-state index contributed by atoms with van der Waals surface area (Å²) in [6, 6.07) is 8.12. The number of carbonyl (C=O) groups excluding carboxylic acids is 1. The predicted octanol–water partition coefficient (Wildman–Crippen LogP) is 1.76. The zero-order valence-corrected chi connectivity index (χ0v) is 11.7. The number of hydrogen-bond donors (Lipinski definition) is 2. The molecule has 0 aliphatic rings. The van der Waals surface area contributed by atoms with E-state index >= 15 is 0 Å². The molecule has 2 heterocycles. The third-order valence-corrected chi connectivity index (χ3v) is 3.27. The average molecular weight is 284 g/mol. The second kappa shape index (κ2) is 5.78. The topological polar surface area (TPSA) is 83.8 Å². The lowest BCUT2D eigenvalue weighted by molar-refractivity contribution is -0.120. The van der Waals surface area contributed by atoms with Crippen molar-refractivity contribution in [3.63, 3.8) is 0 Å². The van der Waals surface area contributed by atoms with E-state index in [1.54, 1.807) is 6.92 Å². The zero-order valence-electron chi connectivity index (χ0n) is 11.7. The maximum atomic E-state index is 11.8. The number of fused-ring (bicyclic) bond motifs is 1. The number of aromatic amines is 1. The third kappa shape index (κ3) is 3.10.